The molecule has 86 valence electrons. The lowest BCUT2D eigenvalue weighted by molar-refractivity contribution is -0.131. The smallest absolute Gasteiger partial charge is 0.235 e. The van der Waals surface area contributed by atoms with Gasteiger partial charge in [0.2, 0.25) is 5.91 Å². The number of nitrogens with one attached hydrogen (secondary N) is 1. The van der Waals surface area contributed by atoms with Gasteiger partial charge < -0.3 is 10.2 Å². The van der Waals surface area contributed by atoms with Gasteiger partial charge in [-0.3, -0.25) is 4.79 Å². The van der Waals surface area contributed by atoms with Gasteiger partial charge in [-0.2, -0.15) is 0 Å². The average molecular weight is 228 g/mol. The van der Waals surface area contributed by atoms with Crippen LogP contribution in [-0.4, -0.2) is 47.5 Å². The van der Waals surface area contributed by atoms with E-state index in [1.807, 2.05) is 16.7 Å². The van der Waals surface area contributed by atoms with Gasteiger partial charge in [0.15, 0.2) is 0 Å². The molecule has 0 saturated carbocycles. The van der Waals surface area contributed by atoms with Crippen molar-refractivity contribution in [2.24, 2.45) is 0 Å². The average Bonchev–Trinajstić information content (AvgIpc) is 2.29. The molecular weight excluding hydrogens is 208 g/mol. The second-order valence-corrected chi connectivity index (χ2v) is 5.81. The minimum atomic E-state index is 0.254. The van der Waals surface area contributed by atoms with E-state index in [0.29, 0.717) is 11.9 Å². The lowest BCUT2D eigenvalue weighted by Crippen LogP contribution is -2.53. The van der Waals surface area contributed by atoms with Crippen molar-refractivity contribution in [2.45, 2.75) is 37.5 Å². The molecule has 4 heteroatoms. The van der Waals surface area contributed by atoms with Gasteiger partial charge in [-0.25, -0.2) is 0 Å². The number of nitrogens with zero attached hydrogens (tertiary/aromatic N) is 1. The fourth-order valence-corrected chi connectivity index (χ4v) is 3.55. The summed E-state index contributed by atoms with van der Waals surface area (Å²) in [6.45, 7) is 4.87. The minimum Gasteiger partial charge on any atom is -0.339 e. The Hall–Kier alpha value is -0.220. The summed E-state index contributed by atoms with van der Waals surface area (Å²) in [4.78, 5) is 14.2. The zero-order chi connectivity index (χ0) is 10.7. The topological polar surface area (TPSA) is 32.3 Å². The molecule has 0 aliphatic carbocycles. The Morgan fingerprint density at radius 1 is 1.47 bits per heavy atom. The summed E-state index contributed by atoms with van der Waals surface area (Å²) >= 11 is 1.85. The Kier molecular flexibility index (Phi) is 3.92. The first-order chi connectivity index (χ1) is 7.27. The largest absolute Gasteiger partial charge is 0.339 e. The number of hydrogen-bond acceptors (Lipinski definition) is 3. The van der Waals surface area contributed by atoms with Crippen LogP contribution in [0.5, 0.6) is 0 Å². The molecule has 0 aromatic heterocycles. The van der Waals surface area contributed by atoms with Crippen LogP contribution >= 0.6 is 11.8 Å². The zero-order valence-corrected chi connectivity index (χ0v) is 10.2. The summed E-state index contributed by atoms with van der Waals surface area (Å²) in [5.74, 6) is 1.55. The molecule has 2 heterocycles. The molecule has 1 amide bonds. The predicted octanol–water partition coefficient (Wildman–Crippen LogP) is 1.09. The molecular formula is C11H20N2OS. The summed E-state index contributed by atoms with van der Waals surface area (Å²) in [6.07, 6.45) is 3.60. The van der Waals surface area contributed by atoms with Crippen molar-refractivity contribution < 1.29 is 4.79 Å². The normalized spacial score (nSPS) is 32.7. The highest BCUT2D eigenvalue weighted by Gasteiger charge is 2.28. The first-order valence-electron chi connectivity index (χ1n) is 5.91. The number of thioether (sulfide) groups is 1. The lowest BCUT2D eigenvalue weighted by Gasteiger charge is -2.35. The van der Waals surface area contributed by atoms with Crippen LogP contribution in [-0.2, 0) is 4.79 Å². The standard InChI is InChI=1S/C11H20N2OS/c1-9-8-13(6-5-12-9)11(14)10-4-2-3-7-15-10/h9-10,12H,2-8H2,1H3/t9-,10?/m1/s1. The van der Waals surface area contributed by atoms with Gasteiger partial charge in [0.05, 0.1) is 5.25 Å². The first-order valence-corrected chi connectivity index (χ1v) is 6.96. The maximum absolute atomic E-state index is 12.2. The van der Waals surface area contributed by atoms with Crippen LogP contribution in [0.25, 0.3) is 0 Å². The third kappa shape index (κ3) is 2.88. The van der Waals surface area contributed by atoms with E-state index in [2.05, 4.69) is 12.2 Å². The SMILES string of the molecule is C[C@@H]1CN(C(=O)C2CCCCS2)CCN1. The van der Waals surface area contributed by atoms with E-state index in [9.17, 15) is 4.79 Å². The Bertz CT molecular complexity index is 229. The number of rotatable bonds is 1. The minimum absolute atomic E-state index is 0.254. The van der Waals surface area contributed by atoms with Gasteiger partial charge >= 0.3 is 0 Å². The Morgan fingerprint density at radius 2 is 2.33 bits per heavy atom. The molecule has 0 bridgehead atoms. The summed E-state index contributed by atoms with van der Waals surface area (Å²) in [6, 6.07) is 0.455. The van der Waals surface area contributed by atoms with Crippen LogP contribution in [0, 0.1) is 0 Å². The van der Waals surface area contributed by atoms with Crippen LogP contribution in [0.2, 0.25) is 0 Å². The van der Waals surface area contributed by atoms with Gasteiger partial charge in [0.1, 0.15) is 0 Å². The molecule has 3 nitrogen and oxygen atoms in total. The molecule has 2 saturated heterocycles. The van der Waals surface area contributed by atoms with Gasteiger partial charge in [0, 0.05) is 25.7 Å². The van der Waals surface area contributed by atoms with E-state index in [1.54, 1.807) is 0 Å². The van der Waals surface area contributed by atoms with Crippen molar-refractivity contribution in [3.8, 4) is 0 Å². The highest BCUT2D eigenvalue weighted by atomic mass is 32.2. The van der Waals surface area contributed by atoms with E-state index in [1.165, 1.54) is 12.8 Å². The third-order valence-corrected chi connectivity index (χ3v) is 4.50. The lowest BCUT2D eigenvalue weighted by atomic mass is 10.1. The van der Waals surface area contributed by atoms with E-state index in [4.69, 9.17) is 0 Å². The Labute approximate surface area is 96.0 Å². The van der Waals surface area contributed by atoms with Crippen LogP contribution in [0.3, 0.4) is 0 Å². The molecule has 1 unspecified atom stereocenters. The highest BCUT2D eigenvalue weighted by molar-refractivity contribution is 8.00. The molecule has 2 atom stereocenters. The van der Waals surface area contributed by atoms with Crippen molar-refractivity contribution in [3.63, 3.8) is 0 Å². The summed E-state index contributed by atoms with van der Waals surface area (Å²) in [5, 5.41) is 3.62. The number of piperazine rings is 1. The summed E-state index contributed by atoms with van der Waals surface area (Å²) < 4.78 is 0. The zero-order valence-electron chi connectivity index (χ0n) is 9.37. The maximum Gasteiger partial charge on any atom is 0.235 e. The van der Waals surface area contributed by atoms with Crippen molar-refractivity contribution in [1.29, 1.82) is 0 Å². The van der Waals surface area contributed by atoms with Crippen molar-refractivity contribution in [2.75, 3.05) is 25.4 Å². The molecule has 0 spiro atoms. The fraction of sp³-hybridized carbons (Fsp3) is 0.909. The Morgan fingerprint density at radius 3 is 3.00 bits per heavy atom. The van der Waals surface area contributed by atoms with E-state index in [-0.39, 0.29) is 5.25 Å². The predicted molar refractivity (Wildman–Crippen MR) is 64.1 cm³/mol. The van der Waals surface area contributed by atoms with Gasteiger partial charge in [-0.15, -0.1) is 11.8 Å². The summed E-state index contributed by atoms with van der Waals surface area (Å²) in [5.41, 5.74) is 0. The number of carbonyl (C=O) groups is 1. The third-order valence-electron chi connectivity index (χ3n) is 3.14. The van der Waals surface area contributed by atoms with Crippen molar-refractivity contribution >= 4 is 17.7 Å². The molecule has 15 heavy (non-hydrogen) atoms. The molecule has 1 N–H and O–H groups in total. The molecule has 0 radical (unpaired) electrons. The molecule has 0 aromatic rings. The molecule has 2 aliphatic rings. The number of amides is 1. The van der Waals surface area contributed by atoms with E-state index in [0.717, 1.165) is 31.8 Å². The van der Waals surface area contributed by atoms with Crippen LogP contribution in [0.1, 0.15) is 26.2 Å². The van der Waals surface area contributed by atoms with Crippen LogP contribution in [0.15, 0.2) is 0 Å². The second-order valence-electron chi connectivity index (χ2n) is 4.49. The van der Waals surface area contributed by atoms with E-state index >= 15 is 0 Å². The van der Waals surface area contributed by atoms with Crippen molar-refractivity contribution in [1.82, 2.24) is 10.2 Å². The van der Waals surface area contributed by atoms with Gasteiger partial charge in [0.25, 0.3) is 0 Å². The van der Waals surface area contributed by atoms with Crippen molar-refractivity contribution in [3.05, 3.63) is 0 Å². The van der Waals surface area contributed by atoms with Crippen LogP contribution < -0.4 is 5.32 Å². The Balaban J connectivity index is 1.88. The molecule has 2 aliphatic heterocycles. The maximum atomic E-state index is 12.2. The molecule has 0 aromatic carbocycles. The van der Waals surface area contributed by atoms with Crippen LogP contribution in [0.4, 0.5) is 0 Å². The fourth-order valence-electron chi connectivity index (χ4n) is 2.27. The second kappa shape index (κ2) is 5.21. The van der Waals surface area contributed by atoms with Gasteiger partial charge in [-0.1, -0.05) is 6.42 Å². The quantitative estimate of drug-likeness (QED) is 0.729. The summed E-state index contributed by atoms with van der Waals surface area (Å²) in [7, 11) is 0. The number of carbonyl (C=O) groups excluding carboxylic acids is 1. The number of hydrogen-bond donors (Lipinski definition) is 1. The highest BCUT2D eigenvalue weighted by Crippen LogP contribution is 2.26. The van der Waals surface area contributed by atoms with E-state index < -0.39 is 0 Å². The van der Waals surface area contributed by atoms with Gasteiger partial charge in [-0.05, 0) is 25.5 Å². The monoisotopic (exact) mass is 228 g/mol. The first kappa shape index (κ1) is 11.3. The molecule has 2 rings (SSSR count). The molecule has 2 fully saturated rings.